The molecule has 238 valence electrons. The number of benzene rings is 4. The number of ether oxygens (including phenoxy) is 4. The lowest BCUT2D eigenvalue weighted by molar-refractivity contribution is -0.160. The third kappa shape index (κ3) is 9.37. The van der Waals surface area contributed by atoms with Crippen molar-refractivity contribution in [3.8, 4) is 5.75 Å². The van der Waals surface area contributed by atoms with Gasteiger partial charge in [0.05, 0.1) is 33.0 Å². The molecule has 2 atom stereocenters. The van der Waals surface area contributed by atoms with Crippen molar-refractivity contribution in [2.75, 3.05) is 20.3 Å². The van der Waals surface area contributed by atoms with Crippen molar-refractivity contribution in [2.24, 2.45) is 0 Å². The van der Waals surface area contributed by atoms with Gasteiger partial charge in [0, 0.05) is 20.0 Å². The standard InChI is InChI=1S/C38H46O6Si/c1-30(39)44-37(29-43-45(38(2,3)4,34-17-11-7-12-18-34)35-19-13-8-14-20-35)36(25-26-41-27-31-15-9-6-10-16-31)42-28-32-21-23-33(40-5)24-22-32/h6-24,36-37H,25-29H2,1-5H3/t36-,37-/m0/s1. The van der Waals surface area contributed by atoms with Gasteiger partial charge >= 0.3 is 5.97 Å². The molecular weight excluding hydrogens is 580 g/mol. The summed E-state index contributed by atoms with van der Waals surface area (Å²) in [5.41, 5.74) is 2.08. The molecule has 0 bridgehead atoms. The van der Waals surface area contributed by atoms with Crippen LogP contribution in [0.4, 0.5) is 0 Å². The zero-order chi connectivity index (χ0) is 32.1. The molecule has 4 aromatic carbocycles. The lowest BCUT2D eigenvalue weighted by Gasteiger charge is -2.44. The average molecular weight is 627 g/mol. The Kier molecular flexibility index (Phi) is 12.5. The van der Waals surface area contributed by atoms with Crippen LogP contribution in [0.25, 0.3) is 0 Å². The number of carbonyl (C=O) groups excluding carboxylic acids is 1. The maximum atomic E-state index is 12.5. The minimum atomic E-state index is -2.88. The summed E-state index contributed by atoms with van der Waals surface area (Å²) in [6, 6.07) is 38.7. The minimum Gasteiger partial charge on any atom is -0.497 e. The number of carbonyl (C=O) groups is 1. The maximum absolute atomic E-state index is 12.5. The van der Waals surface area contributed by atoms with Gasteiger partial charge in [0.2, 0.25) is 0 Å². The number of esters is 1. The van der Waals surface area contributed by atoms with Gasteiger partial charge in [0.15, 0.2) is 0 Å². The van der Waals surface area contributed by atoms with Gasteiger partial charge < -0.3 is 23.4 Å². The van der Waals surface area contributed by atoms with Crippen molar-refractivity contribution in [1.29, 1.82) is 0 Å². The second kappa shape index (κ2) is 16.5. The highest BCUT2D eigenvalue weighted by Gasteiger charge is 2.50. The van der Waals surface area contributed by atoms with Gasteiger partial charge in [-0.05, 0) is 38.7 Å². The van der Waals surface area contributed by atoms with Crippen LogP contribution in [0.15, 0.2) is 115 Å². The van der Waals surface area contributed by atoms with E-state index in [9.17, 15) is 4.79 Å². The van der Waals surface area contributed by atoms with E-state index in [2.05, 4.69) is 69.3 Å². The van der Waals surface area contributed by atoms with E-state index in [1.54, 1.807) is 7.11 Å². The van der Waals surface area contributed by atoms with Crippen LogP contribution < -0.4 is 15.1 Å². The van der Waals surface area contributed by atoms with E-state index >= 15 is 0 Å². The Bertz CT molecular complexity index is 1380. The van der Waals surface area contributed by atoms with Crippen LogP contribution in [0.5, 0.6) is 5.75 Å². The van der Waals surface area contributed by atoms with Crippen molar-refractivity contribution in [3.63, 3.8) is 0 Å². The van der Waals surface area contributed by atoms with Crippen LogP contribution in [0.1, 0.15) is 45.2 Å². The highest BCUT2D eigenvalue weighted by Crippen LogP contribution is 2.37. The zero-order valence-electron chi connectivity index (χ0n) is 27.1. The van der Waals surface area contributed by atoms with Crippen LogP contribution in [0.2, 0.25) is 5.04 Å². The SMILES string of the molecule is COc1ccc(CO[C@@H](CCOCc2ccccc2)[C@H](CO[Si](c2ccccc2)(c2ccccc2)C(C)(C)C)OC(C)=O)cc1. The number of hydrogen-bond donors (Lipinski definition) is 0. The molecule has 0 spiro atoms. The van der Waals surface area contributed by atoms with Gasteiger partial charge in [-0.2, -0.15) is 0 Å². The molecule has 0 saturated heterocycles. The molecule has 0 aliphatic heterocycles. The Hall–Kier alpha value is -3.75. The van der Waals surface area contributed by atoms with Crippen molar-refractivity contribution >= 4 is 24.7 Å². The maximum Gasteiger partial charge on any atom is 0.303 e. The molecular formula is C38H46O6Si. The Morgan fingerprint density at radius 2 is 1.24 bits per heavy atom. The van der Waals surface area contributed by atoms with E-state index < -0.39 is 20.5 Å². The van der Waals surface area contributed by atoms with Gasteiger partial charge in [-0.3, -0.25) is 4.79 Å². The number of methoxy groups -OCH3 is 1. The summed E-state index contributed by atoms with van der Waals surface area (Å²) in [4.78, 5) is 12.5. The fourth-order valence-corrected chi connectivity index (χ4v) is 10.2. The minimum absolute atomic E-state index is 0.179. The molecule has 0 N–H and O–H groups in total. The van der Waals surface area contributed by atoms with E-state index in [0.29, 0.717) is 26.2 Å². The van der Waals surface area contributed by atoms with Crippen LogP contribution in [-0.4, -0.2) is 46.8 Å². The zero-order valence-corrected chi connectivity index (χ0v) is 28.1. The number of hydrogen-bond acceptors (Lipinski definition) is 6. The molecule has 4 aromatic rings. The van der Waals surface area contributed by atoms with Crippen LogP contribution >= 0.6 is 0 Å². The molecule has 4 rings (SSSR count). The summed E-state index contributed by atoms with van der Waals surface area (Å²) in [6.07, 6.45) is -0.599. The predicted octanol–water partition coefficient (Wildman–Crippen LogP) is 6.70. The second-order valence-corrected chi connectivity index (χ2v) is 16.5. The second-order valence-electron chi connectivity index (χ2n) is 12.1. The molecule has 0 aliphatic rings. The smallest absolute Gasteiger partial charge is 0.303 e. The van der Waals surface area contributed by atoms with Gasteiger partial charge in [-0.25, -0.2) is 0 Å². The lowest BCUT2D eigenvalue weighted by Crippen LogP contribution is -2.67. The Morgan fingerprint density at radius 3 is 1.76 bits per heavy atom. The molecule has 0 radical (unpaired) electrons. The molecule has 0 fully saturated rings. The Balaban J connectivity index is 1.62. The van der Waals surface area contributed by atoms with Crippen molar-refractivity contribution < 1.29 is 28.2 Å². The summed E-state index contributed by atoms with van der Waals surface area (Å²) in [5, 5.41) is 2.09. The van der Waals surface area contributed by atoms with Gasteiger partial charge in [0.25, 0.3) is 8.32 Å². The lowest BCUT2D eigenvalue weighted by atomic mass is 10.1. The first kappa shape index (κ1) is 34.1. The fourth-order valence-electron chi connectivity index (χ4n) is 5.66. The third-order valence-corrected chi connectivity index (χ3v) is 12.9. The van der Waals surface area contributed by atoms with E-state index in [0.717, 1.165) is 27.2 Å². The summed E-state index contributed by atoms with van der Waals surface area (Å²) < 4.78 is 31.1. The van der Waals surface area contributed by atoms with Crippen LogP contribution in [0.3, 0.4) is 0 Å². The largest absolute Gasteiger partial charge is 0.497 e. The first-order valence-electron chi connectivity index (χ1n) is 15.5. The molecule has 0 aromatic heterocycles. The number of rotatable bonds is 16. The average Bonchev–Trinajstić information content (AvgIpc) is 3.05. The molecule has 6 nitrogen and oxygen atoms in total. The fraction of sp³-hybridized carbons (Fsp3) is 0.342. The molecule has 7 heteroatoms. The van der Waals surface area contributed by atoms with E-state index in [1.165, 1.54) is 6.92 Å². The monoisotopic (exact) mass is 626 g/mol. The predicted molar refractivity (Wildman–Crippen MR) is 181 cm³/mol. The van der Waals surface area contributed by atoms with Crippen molar-refractivity contribution in [2.45, 2.75) is 64.6 Å². The van der Waals surface area contributed by atoms with Gasteiger partial charge in [-0.1, -0.05) is 124 Å². The third-order valence-electron chi connectivity index (χ3n) is 7.89. The summed E-state index contributed by atoms with van der Waals surface area (Å²) in [6.45, 7) is 9.56. The first-order chi connectivity index (χ1) is 21.7. The van der Waals surface area contributed by atoms with Crippen molar-refractivity contribution in [1.82, 2.24) is 0 Å². The Labute approximate surface area is 269 Å². The highest BCUT2D eigenvalue weighted by atomic mass is 28.4. The van der Waals surface area contributed by atoms with E-state index in [4.69, 9.17) is 23.4 Å². The van der Waals surface area contributed by atoms with Gasteiger partial charge in [-0.15, -0.1) is 0 Å². The van der Waals surface area contributed by atoms with Crippen molar-refractivity contribution in [3.05, 3.63) is 126 Å². The summed E-state index contributed by atoms with van der Waals surface area (Å²) >= 11 is 0. The normalized spacial score (nSPS) is 13.2. The summed E-state index contributed by atoms with van der Waals surface area (Å²) in [5.74, 6) is 0.399. The van der Waals surface area contributed by atoms with Crippen LogP contribution in [0, 0.1) is 0 Å². The van der Waals surface area contributed by atoms with Crippen LogP contribution in [-0.2, 0) is 36.6 Å². The molecule has 0 saturated carbocycles. The molecule has 45 heavy (non-hydrogen) atoms. The first-order valence-corrected chi connectivity index (χ1v) is 17.4. The van der Waals surface area contributed by atoms with E-state index in [1.807, 2.05) is 66.7 Å². The molecule has 0 aliphatic carbocycles. The quantitative estimate of drug-likeness (QED) is 0.0784. The molecule has 0 unspecified atom stereocenters. The Morgan fingerprint density at radius 1 is 0.711 bits per heavy atom. The molecule has 0 amide bonds. The highest BCUT2D eigenvalue weighted by molar-refractivity contribution is 6.99. The summed E-state index contributed by atoms with van der Waals surface area (Å²) in [7, 11) is -1.24. The topological polar surface area (TPSA) is 63.2 Å². The molecule has 0 heterocycles. The van der Waals surface area contributed by atoms with E-state index in [-0.39, 0.29) is 17.6 Å². The van der Waals surface area contributed by atoms with Gasteiger partial charge in [0.1, 0.15) is 11.9 Å².